The molecule has 0 fully saturated rings. The van der Waals surface area contributed by atoms with Crippen LogP contribution in [0.25, 0.3) is 10.2 Å². The summed E-state index contributed by atoms with van der Waals surface area (Å²) < 4.78 is 6.60. The van der Waals surface area contributed by atoms with Crippen molar-refractivity contribution in [1.82, 2.24) is 4.98 Å². The van der Waals surface area contributed by atoms with E-state index < -0.39 is 0 Å². The van der Waals surface area contributed by atoms with E-state index in [0.717, 1.165) is 21.9 Å². The number of thioether (sulfide) groups is 1. The highest BCUT2D eigenvalue weighted by Gasteiger charge is 2.40. The first-order valence-electron chi connectivity index (χ1n) is 9.49. The van der Waals surface area contributed by atoms with Crippen LogP contribution in [-0.2, 0) is 19.1 Å². The van der Waals surface area contributed by atoms with Gasteiger partial charge in [-0.2, -0.15) is 0 Å². The second-order valence-corrected chi connectivity index (χ2v) is 9.54. The Morgan fingerprint density at radius 3 is 2.59 bits per heavy atom. The minimum atomic E-state index is -0.259. The molecule has 29 heavy (non-hydrogen) atoms. The van der Waals surface area contributed by atoms with Gasteiger partial charge in [0, 0.05) is 16.9 Å². The smallest absolute Gasteiger partial charge is 0.306 e. The first kappa shape index (κ1) is 20.4. The maximum Gasteiger partial charge on any atom is 0.306 e. The maximum absolute atomic E-state index is 12.8. The number of carbonyl (C=O) groups excluding carboxylic acids is 3. The van der Waals surface area contributed by atoms with E-state index in [1.165, 1.54) is 28.0 Å². The van der Waals surface area contributed by atoms with E-state index in [-0.39, 0.29) is 17.8 Å². The molecule has 0 saturated heterocycles. The lowest BCUT2D eigenvalue weighted by molar-refractivity contribution is -0.142. The van der Waals surface area contributed by atoms with Gasteiger partial charge in [-0.1, -0.05) is 23.4 Å². The number of anilines is 1. The zero-order valence-corrected chi connectivity index (χ0v) is 18.2. The average Bonchev–Trinajstić information content (AvgIpc) is 3.20. The number of nitrogens with zero attached hydrogens (tertiary/aromatic N) is 2. The van der Waals surface area contributed by atoms with Crippen molar-refractivity contribution in [2.75, 3.05) is 17.3 Å². The Morgan fingerprint density at radius 2 is 1.93 bits per heavy atom. The van der Waals surface area contributed by atoms with Crippen LogP contribution in [0.4, 0.5) is 5.69 Å². The van der Waals surface area contributed by atoms with Crippen LogP contribution < -0.4 is 4.90 Å². The summed E-state index contributed by atoms with van der Waals surface area (Å²) in [6.07, 6.45) is 3.46. The molecule has 1 aliphatic heterocycles. The predicted molar refractivity (Wildman–Crippen MR) is 115 cm³/mol. The number of halogens is 1. The Balaban J connectivity index is 1.56. The number of amides is 2. The number of imide groups is 1. The number of rotatable bonds is 6. The molecule has 4 rings (SSSR count). The standard InChI is InChI=1S/C20H19ClN2O4S2/c1-2-27-17(24)7-8-28-20-22-14-10-15(13(21)9-16(14)29-20)23-18(25)11-5-3-4-6-12(11)19(23)26/h9-10H,2-8H2,1H3. The van der Waals surface area contributed by atoms with Gasteiger partial charge in [0.2, 0.25) is 0 Å². The Kier molecular flexibility index (Phi) is 5.94. The Bertz CT molecular complexity index is 1020. The number of hydrogen-bond donors (Lipinski definition) is 0. The molecular weight excluding hydrogens is 432 g/mol. The molecule has 0 saturated carbocycles. The molecule has 152 valence electrons. The molecule has 1 aromatic carbocycles. The average molecular weight is 451 g/mol. The number of thiazole rings is 1. The number of carbonyl (C=O) groups is 3. The van der Waals surface area contributed by atoms with Gasteiger partial charge in [0.1, 0.15) is 0 Å². The first-order valence-corrected chi connectivity index (χ1v) is 11.7. The van der Waals surface area contributed by atoms with E-state index in [9.17, 15) is 14.4 Å². The van der Waals surface area contributed by atoms with Crippen molar-refractivity contribution in [3.63, 3.8) is 0 Å². The van der Waals surface area contributed by atoms with Gasteiger partial charge >= 0.3 is 5.97 Å². The van der Waals surface area contributed by atoms with Crippen LogP contribution in [0.2, 0.25) is 5.02 Å². The van der Waals surface area contributed by atoms with Crippen LogP contribution in [0, 0.1) is 0 Å². The molecule has 2 aromatic rings. The number of aromatic nitrogens is 1. The third-order valence-corrected chi connectivity index (χ3v) is 7.37. The molecule has 0 N–H and O–H groups in total. The monoisotopic (exact) mass is 450 g/mol. The van der Waals surface area contributed by atoms with Crippen molar-refractivity contribution in [2.45, 2.75) is 43.4 Å². The van der Waals surface area contributed by atoms with E-state index >= 15 is 0 Å². The molecule has 1 aliphatic carbocycles. The Labute approximate surface area is 181 Å². The lowest BCUT2D eigenvalue weighted by Gasteiger charge is -2.16. The maximum atomic E-state index is 12.8. The molecule has 2 heterocycles. The quantitative estimate of drug-likeness (QED) is 0.359. The number of hydrogen-bond acceptors (Lipinski definition) is 7. The van der Waals surface area contributed by atoms with Crippen LogP contribution in [0.15, 0.2) is 27.6 Å². The van der Waals surface area contributed by atoms with Gasteiger partial charge in [-0.3, -0.25) is 14.4 Å². The summed E-state index contributed by atoms with van der Waals surface area (Å²) >= 11 is 9.38. The summed E-state index contributed by atoms with van der Waals surface area (Å²) in [5.41, 5.74) is 2.33. The molecule has 9 heteroatoms. The summed E-state index contributed by atoms with van der Waals surface area (Å²) in [5, 5.41) is 0.353. The molecular formula is C20H19ClN2O4S2. The zero-order chi connectivity index (χ0) is 20.5. The highest BCUT2D eigenvalue weighted by atomic mass is 35.5. The van der Waals surface area contributed by atoms with Gasteiger partial charge < -0.3 is 4.74 Å². The van der Waals surface area contributed by atoms with Crippen LogP contribution in [0.3, 0.4) is 0 Å². The van der Waals surface area contributed by atoms with E-state index in [4.69, 9.17) is 16.3 Å². The minimum Gasteiger partial charge on any atom is -0.466 e. The molecule has 0 atom stereocenters. The third-order valence-electron chi connectivity index (χ3n) is 4.91. The predicted octanol–water partition coefficient (Wildman–Crippen LogP) is 4.74. The number of fused-ring (bicyclic) bond motifs is 1. The van der Waals surface area contributed by atoms with Crippen LogP contribution in [0.1, 0.15) is 39.0 Å². The summed E-state index contributed by atoms with van der Waals surface area (Å²) in [6, 6.07) is 3.45. The lowest BCUT2D eigenvalue weighted by Crippen LogP contribution is -2.31. The second kappa shape index (κ2) is 8.45. The fourth-order valence-corrected chi connectivity index (χ4v) is 5.96. The second-order valence-electron chi connectivity index (χ2n) is 6.76. The van der Waals surface area contributed by atoms with E-state index in [1.807, 2.05) is 0 Å². The fourth-order valence-electron chi connectivity index (χ4n) is 3.56. The molecule has 2 aliphatic rings. The summed E-state index contributed by atoms with van der Waals surface area (Å²) in [4.78, 5) is 42.9. The van der Waals surface area contributed by atoms with Crippen molar-refractivity contribution in [3.05, 3.63) is 28.3 Å². The molecule has 0 unspecified atom stereocenters. The van der Waals surface area contributed by atoms with Crippen LogP contribution in [0.5, 0.6) is 0 Å². The van der Waals surface area contributed by atoms with Crippen molar-refractivity contribution in [2.24, 2.45) is 0 Å². The molecule has 1 aromatic heterocycles. The highest BCUT2D eigenvalue weighted by Crippen LogP contribution is 2.41. The van der Waals surface area contributed by atoms with Gasteiger partial charge in [0.15, 0.2) is 4.34 Å². The lowest BCUT2D eigenvalue weighted by atomic mass is 9.93. The van der Waals surface area contributed by atoms with Crippen molar-refractivity contribution in [1.29, 1.82) is 0 Å². The number of benzene rings is 1. The zero-order valence-electron chi connectivity index (χ0n) is 15.8. The SMILES string of the molecule is CCOC(=O)CCSc1nc2cc(N3C(=O)C4=C(CCCC4)C3=O)c(Cl)cc2s1. The van der Waals surface area contributed by atoms with Gasteiger partial charge in [-0.25, -0.2) is 9.88 Å². The Hall–Kier alpha value is -1.90. The summed E-state index contributed by atoms with van der Waals surface area (Å²) in [6.45, 7) is 2.15. The summed E-state index contributed by atoms with van der Waals surface area (Å²) in [7, 11) is 0. The van der Waals surface area contributed by atoms with E-state index in [1.54, 1.807) is 19.1 Å². The third kappa shape index (κ3) is 3.93. The normalized spacial score (nSPS) is 16.7. The first-order chi connectivity index (χ1) is 14.0. The van der Waals surface area contributed by atoms with Crippen molar-refractivity contribution >= 4 is 68.4 Å². The molecule has 6 nitrogen and oxygen atoms in total. The van der Waals surface area contributed by atoms with Crippen LogP contribution in [-0.4, -0.2) is 35.1 Å². The number of ether oxygens (including phenoxy) is 1. The van der Waals surface area contributed by atoms with Gasteiger partial charge in [-0.05, 0) is 44.7 Å². The van der Waals surface area contributed by atoms with E-state index in [2.05, 4.69) is 4.98 Å². The van der Waals surface area contributed by atoms with Gasteiger partial charge in [-0.15, -0.1) is 11.3 Å². The highest BCUT2D eigenvalue weighted by molar-refractivity contribution is 8.01. The van der Waals surface area contributed by atoms with Crippen molar-refractivity contribution in [3.8, 4) is 0 Å². The molecule has 0 bridgehead atoms. The van der Waals surface area contributed by atoms with Gasteiger partial charge in [0.05, 0.1) is 34.0 Å². The largest absolute Gasteiger partial charge is 0.466 e. The van der Waals surface area contributed by atoms with Crippen LogP contribution >= 0.6 is 34.7 Å². The van der Waals surface area contributed by atoms with Gasteiger partial charge in [0.25, 0.3) is 11.8 Å². The minimum absolute atomic E-state index is 0.228. The number of esters is 1. The fraction of sp³-hybridized carbons (Fsp3) is 0.400. The molecule has 0 spiro atoms. The molecule has 2 amide bonds. The Morgan fingerprint density at radius 1 is 1.24 bits per heavy atom. The summed E-state index contributed by atoms with van der Waals surface area (Å²) in [5.74, 6) is -0.177. The van der Waals surface area contributed by atoms with E-state index in [0.29, 0.717) is 59.0 Å². The molecule has 0 radical (unpaired) electrons. The van der Waals surface area contributed by atoms with Crippen molar-refractivity contribution < 1.29 is 19.1 Å². The topological polar surface area (TPSA) is 76.6 Å².